The third kappa shape index (κ3) is 5.50. The van der Waals surface area contributed by atoms with Crippen molar-refractivity contribution in [3.63, 3.8) is 0 Å². The van der Waals surface area contributed by atoms with Crippen molar-refractivity contribution in [3.8, 4) is 0 Å². The Morgan fingerprint density at radius 2 is 1.93 bits per heavy atom. The molecule has 0 bridgehead atoms. The van der Waals surface area contributed by atoms with Crippen molar-refractivity contribution < 1.29 is 14.6 Å². The second-order valence-corrected chi connectivity index (χ2v) is 4.73. The standard InChI is InChI=1S/C12H24O3/c1-10(2)9-14-7-8-15-12-6-4-3-5-11(12)13/h10-13H,3-9H2,1-2H3. The molecule has 1 N–H and O–H groups in total. The number of ether oxygens (including phenoxy) is 2. The molecule has 3 nitrogen and oxygen atoms in total. The molecule has 1 fully saturated rings. The topological polar surface area (TPSA) is 38.7 Å². The van der Waals surface area contributed by atoms with E-state index in [0.717, 1.165) is 25.9 Å². The van der Waals surface area contributed by atoms with Gasteiger partial charge in [-0.25, -0.2) is 0 Å². The molecule has 1 aliphatic carbocycles. The van der Waals surface area contributed by atoms with Crippen LogP contribution in [-0.2, 0) is 9.47 Å². The van der Waals surface area contributed by atoms with Crippen LogP contribution in [0.25, 0.3) is 0 Å². The Morgan fingerprint density at radius 3 is 2.60 bits per heavy atom. The maximum Gasteiger partial charge on any atom is 0.0835 e. The van der Waals surface area contributed by atoms with Crippen LogP contribution in [0.3, 0.4) is 0 Å². The molecular weight excluding hydrogens is 192 g/mol. The lowest BCUT2D eigenvalue weighted by Crippen LogP contribution is -2.33. The molecule has 90 valence electrons. The minimum Gasteiger partial charge on any atom is -0.390 e. The maximum atomic E-state index is 9.65. The second kappa shape index (κ2) is 7.20. The fourth-order valence-corrected chi connectivity index (χ4v) is 1.85. The maximum absolute atomic E-state index is 9.65. The van der Waals surface area contributed by atoms with E-state index in [1.165, 1.54) is 6.42 Å². The predicted octanol–water partition coefficient (Wildman–Crippen LogP) is 1.98. The van der Waals surface area contributed by atoms with Crippen molar-refractivity contribution in [1.29, 1.82) is 0 Å². The average molecular weight is 216 g/mol. The molecule has 0 aromatic heterocycles. The van der Waals surface area contributed by atoms with Gasteiger partial charge in [-0.05, 0) is 18.8 Å². The fourth-order valence-electron chi connectivity index (χ4n) is 1.85. The lowest BCUT2D eigenvalue weighted by molar-refractivity contribution is -0.0747. The molecule has 1 saturated carbocycles. The lowest BCUT2D eigenvalue weighted by atomic mass is 9.95. The zero-order valence-electron chi connectivity index (χ0n) is 9.95. The zero-order chi connectivity index (χ0) is 11.1. The molecule has 2 atom stereocenters. The van der Waals surface area contributed by atoms with E-state index in [1.54, 1.807) is 0 Å². The van der Waals surface area contributed by atoms with Crippen molar-refractivity contribution in [2.24, 2.45) is 5.92 Å². The molecule has 0 aromatic rings. The minimum atomic E-state index is -0.260. The third-order valence-corrected chi connectivity index (χ3v) is 2.68. The summed E-state index contributed by atoms with van der Waals surface area (Å²) < 4.78 is 11.0. The Morgan fingerprint density at radius 1 is 1.20 bits per heavy atom. The Balaban J connectivity index is 1.99. The summed E-state index contributed by atoms with van der Waals surface area (Å²) in [6.07, 6.45) is 3.97. The van der Waals surface area contributed by atoms with Gasteiger partial charge in [0.1, 0.15) is 0 Å². The van der Waals surface area contributed by atoms with E-state index in [-0.39, 0.29) is 12.2 Å². The summed E-state index contributed by atoms with van der Waals surface area (Å²) >= 11 is 0. The Kier molecular flexibility index (Phi) is 6.22. The molecule has 0 saturated heterocycles. The summed E-state index contributed by atoms with van der Waals surface area (Å²) in [4.78, 5) is 0. The van der Waals surface area contributed by atoms with Gasteiger partial charge in [-0.3, -0.25) is 0 Å². The Labute approximate surface area is 92.8 Å². The minimum absolute atomic E-state index is 0.0430. The van der Waals surface area contributed by atoms with Gasteiger partial charge in [0.25, 0.3) is 0 Å². The van der Waals surface area contributed by atoms with Crippen LogP contribution >= 0.6 is 0 Å². The Bertz CT molecular complexity index is 159. The van der Waals surface area contributed by atoms with Crippen molar-refractivity contribution >= 4 is 0 Å². The van der Waals surface area contributed by atoms with Crippen LogP contribution in [0, 0.1) is 5.92 Å². The van der Waals surface area contributed by atoms with Gasteiger partial charge in [-0.1, -0.05) is 26.7 Å². The molecule has 15 heavy (non-hydrogen) atoms. The molecule has 0 heterocycles. The van der Waals surface area contributed by atoms with Gasteiger partial charge >= 0.3 is 0 Å². The molecule has 3 heteroatoms. The second-order valence-electron chi connectivity index (χ2n) is 4.73. The molecule has 1 aliphatic rings. The highest BCUT2D eigenvalue weighted by Gasteiger charge is 2.23. The number of hydrogen-bond donors (Lipinski definition) is 1. The van der Waals surface area contributed by atoms with E-state index in [2.05, 4.69) is 13.8 Å². The molecule has 0 aromatic carbocycles. The van der Waals surface area contributed by atoms with Gasteiger partial charge in [0, 0.05) is 6.61 Å². The fraction of sp³-hybridized carbons (Fsp3) is 1.00. The quantitative estimate of drug-likeness (QED) is 0.690. The van der Waals surface area contributed by atoms with Crippen LogP contribution < -0.4 is 0 Å². The van der Waals surface area contributed by atoms with Crippen LogP contribution in [0.1, 0.15) is 39.5 Å². The SMILES string of the molecule is CC(C)COCCOC1CCCCC1O. The first kappa shape index (κ1) is 12.9. The van der Waals surface area contributed by atoms with Crippen LogP contribution in [0.15, 0.2) is 0 Å². The predicted molar refractivity (Wildman–Crippen MR) is 59.9 cm³/mol. The van der Waals surface area contributed by atoms with E-state index >= 15 is 0 Å². The number of hydrogen-bond acceptors (Lipinski definition) is 3. The molecule has 2 unspecified atom stereocenters. The first-order valence-electron chi connectivity index (χ1n) is 6.07. The largest absolute Gasteiger partial charge is 0.390 e. The van der Waals surface area contributed by atoms with Crippen molar-refractivity contribution in [2.75, 3.05) is 19.8 Å². The lowest BCUT2D eigenvalue weighted by Gasteiger charge is -2.27. The molecular formula is C12H24O3. The average Bonchev–Trinajstić information content (AvgIpc) is 2.20. The highest BCUT2D eigenvalue weighted by Crippen LogP contribution is 2.20. The van der Waals surface area contributed by atoms with E-state index in [9.17, 15) is 5.11 Å². The summed E-state index contributed by atoms with van der Waals surface area (Å²) in [5.74, 6) is 0.574. The monoisotopic (exact) mass is 216 g/mol. The summed E-state index contributed by atoms with van der Waals surface area (Å²) in [7, 11) is 0. The van der Waals surface area contributed by atoms with Gasteiger partial charge in [-0.15, -0.1) is 0 Å². The highest BCUT2D eigenvalue weighted by atomic mass is 16.5. The smallest absolute Gasteiger partial charge is 0.0835 e. The number of aliphatic hydroxyl groups excluding tert-OH is 1. The van der Waals surface area contributed by atoms with E-state index in [1.807, 2.05) is 0 Å². The van der Waals surface area contributed by atoms with E-state index in [0.29, 0.717) is 19.1 Å². The zero-order valence-corrected chi connectivity index (χ0v) is 9.95. The van der Waals surface area contributed by atoms with E-state index < -0.39 is 0 Å². The number of aliphatic hydroxyl groups is 1. The van der Waals surface area contributed by atoms with Gasteiger partial charge in [0.2, 0.25) is 0 Å². The Hall–Kier alpha value is -0.120. The first-order valence-corrected chi connectivity index (χ1v) is 6.07. The van der Waals surface area contributed by atoms with Crippen LogP contribution in [0.4, 0.5) is 0 Å². The summed E-state index contributed by atoms with van der Waals surface area (Å²) in [5.41, 5.74) is 0. The van der Waals surface area contributed by atoms with E-state index in [4.69, 9.17) is 9.47 Å². The normalized spacial score (nSPS) is 27.2. The number of rotatable bonds is 6. The molecule has 0 aliphatic heterocycles. The third-order valence-electron chi connectivity index (χ3n) is 2.68. The van der Waals surface area contributed by atoms with Crippen LogP contribution in [-0.4, -0.2) is 37.1 Å². The van der Waals surface area contributed by atoms with Gasteiger partial charge in [0.15, 0.2) is 0 Å². The highest BCUT2D eigenvalue weighted by molar-refractivity contribution is 4.74. The molecule has 1 rings (SSSR count). The van der Waals surface area contributed by atoms with Gasteiger partial charge in [0.05, 0.1) is 25.4 Å². The van der Waals surface area contributed by atoms with Gasteiger partial charge < -0.3 is 14.6 Å². The molecule has 0 radical (unpaired) electrons. The molecule has 0 amide bonds. The summed E-state index contributed by atoms with van der Waals surface area (Å²) in [5, 5.41) is 9.65. The summed E-state index contributed by atoms with van der Waals surface area (Å²) in [6.45, 7) is 6.30. The van der Waals surface area contributed by atoms with Crippen molar-refractivity contribution in [1.82, 2.24) is 0 Å². The summed E-state index contributed by atoms with van der Waals surface area (Å²) in [6, 6.07) is 0. The van der Waals surface area contributed by atoms with Crippen molar-refractivity contribution in [3.05, 3.63) is 0 Å². The van der Waals surface area contributed by atoms with Crippen molar-refractivity contribution in [2.45, 2.75) is 51.7 Å². The van der Waals surface area contributed by atoms with Gasteiger partial charge in [-0.2, -0.15) is 0 Å². The molecule has 0 spiro atoms. The first-order chi connectivity index (χ1) is 7.20. The van der Waals surface area contributed by atoms with Crippen LogP contribution in [0.2, 0.25) is 0 Å². The van der Waals surface area contributed by atoms with Crippen LogP contribution in [0.5, 0.6) is 0 Å².